The van der Waals surface area contributed by atoms with Gasteiger partial charge in [0, 0.05) is 55.6 Å². The minimum absolute atomic E-state index is 0.0421. The minimum atomic E-state index is -2.04. The van der Waals surface area contributed by atoms with Crippen molar-refractivity contribution in [2.45, 2.75) is 81.1 Å². The van der Waals surface area contributed by atoms with Gasteiger partial charge in [-0.3, -0.25) is 19.9 Å². The molecule has 0 amide bonds. The lowest BCUT2D eigenvalue weighted by Crippen LogP contribution is -2.55. The number of hydrogen-bond donors (Lipinski definition) is 5. The van der Waals surface area contributed by atoms with Crippen molar-refractivity contribution in [1.82, 2.24) is 4.90 Å². The monoisotopic (exact) mass is 823 g/mol. The number of benzene rings is 2. The van der Waals surface area contributed by atoms with Gasteiger partial charge in [-0.1, -0.05) is 12.1 Å². The summed E-state index contributed by atoms with van der Waals surface area (Å²) in [5, 5.41) is 56.1. The molecule has 3 saturated heterocycles. The number of rotatable bonds is 8. The number of hydrogen-bond acceptors (Lipinski definition) is 15. The Morgan fingerprint density at radius 2 is 1.98 bits per heavy atom. The van der Waals surface area contributed by atoms with Crippen LogP contribution >= 0.6 is 20.3 Å². The molecule has 15 nitrogen and oxygen atoms in total. The molecule has 9 atom stereocenters. The van der Waals surface area contributed by atoms with Gasteiger partial charge in [0.15, 0.2) is 24.6 Å². The molecule has 0 spiro atoms. The van der Waals surface area contributed by atoms with Gasteiger partial charge < -0.3 is 53.6 Å². The Morgan fingerprint density at radius 1 is 1.20 bits per heavy atom. The number of carbonyl (C=O) groups is 2. The molecular formula is C33H37AlIN2O13. The van der Waals surface area contributed by atoms with E-state index < -0.39 is 89.8 Å². The van der Waals surface area contributed by atoms with Crippen LogP contribution in [-0.2, 0) is 34.8 Å². The van der Waals surface area contributed by atoms with E-state index >= 15 is 0 Å². The van der Waals surface area contributed by atoms with E-state index in [9.17, 15) is 30.0 Å². The highest BCUT2D eigenvalue weighted by atomic mass is 127. The lowest BCUT2D eigenvalue weighted by atomic mass is 9.71. The number of aromatic hydroxyl groups is 2. The van der Waals surface area contributed by atoms with Gasteiger partial charge in [0.2, 0.25) is 4.83 Å². The number of phenolic OH excluding ortho intramolecular Hbond substituents is 2. The predicted octanol–water partition coefficient (Wildman–Crippen LogP) is 1.89. The fourth-order valence-corrected chi connectivity index (χ4v) is 8.70. The lowest BCUT2D eigenvalue weighted by molar-refractivity contribution is -0.258. The maximum atomic E-state index is 13.9. The van der Waals surface area contributed by atoms with Gasteiger partial charge in [-0.05, 0) is 13.0 Å². The van der Waals surface area contributed by atoms with Gasteiger partial charge in [-0.2, -0.15) is 0 Å². The number of methoxy groups -OCH3 is 2. The quantitative estimate of drug-likeness (QED) is 0.125. The molecule has 7 rings (SSSR count). The summed E-state index contributed by atoms with van der Waals surface area (Å²) in [4.78, 5) is 27.5. The molecule has 2 aliphatic carbocycles. The molecule has 0 bridgehead atoms. The van der Waals surface area contributed by atoms with Crippen LogP contribution in [0.1, 0.15) is 64.0 Å². The zero-order valence-corrected chi connectivity index (χ0v) is 30.8. The number of halogens is 1. The van der Waals surface area contributed by atoms with E-state index in [1.165, 1.54) is 13.2 Å². The van der Waals surface area contributed by atoms with Crippen LogP contribution in [-0.4, -0.2) is 136 Å². The third-order valence-electron chi connectivity index (χ3n) is 10.3. The fourth-order valence-electron chi connectivity index (χ4n) is 8.01. The minimum Gasteiger partial charge on any atom is -0.507 e. The van der Waals surface area contributed by atoms with Gasteiger partial charge in [0.25, 0.3) is 0 Å². The molecule has 3 aliphatic heterocycles. The zero-order chi connectivity index (χ0) is 35.6. The molecule has 50 heavy (non-hydrogen) atoms. The Morgan fingerprint density at radius 3 is 2.70 bits per heavy atom. The summed E-state index contributed by atoms with van der Waals surface area (Å²) < 4.78 is 41.0. The molecule has 3 heterocycles. The number of carbonyl (C=O) groups excluding carboxylic acids is 2. The number of ether oxygens (including phenoxy) is 7. The number of fused-ring (bicyclic) bond motifs is 6. The van der Waals surface area contributed by atoms with Crippen molar-refractivity contribution < 1.29 is 63.2 Å². The number of aliphatic hydroxyl groups excluding tert-OH is 1. The molecule has 5 N–H and O–H groups in total. The van der Waals surface area contributed by atoms with Crippen molar-refractivity contribution in [3.63, 3.8) is 0 Å². The molecule has 1 radical (unpaired) electrons. The molecule has 3 fully saturated rings. The number of phenols is 2. The number of aliphatic hydroxyl groups is 2. The van der Waals surface area contributed by atoms with Crippen LogP contribution in [0.5, 0.6) is 17.2 Å². The van der Waals surface area contributed by atoms with Crippen LogP contribution in [0.2, 0.25) is 0 Å². The second kappa shape index (κ2) is 13.9. The Balaban J connectivity index is 1.29. The van der Waals surface area contributed by atoms with Crippen LogP contribution in [0, 0.1) is 5.41 Å². The van der Waals surface area contributed by atoms with Gasteiger partial charge in [0.05, 0.1) is 48.3 Å². The van der Waals surface area contributed by atoms with Gasteiger partial charge in [0.1, 0.15) is 41.7 Å². The molecule has 5 aliphatic rings. The first-order valence-electron chi connectivity index (χ1n) is 16.2. The Labute approximate surface area is 304 Å². The second-order valence-corrected chi connectivity index (χ2v) is 15.6. The highest BCUT2D eigenvalue weighted by molar-refractivity contribution is 14.1. The number of nitrogens with one attached hydrogen (secondary N) is 1. The molecule has 0 saturated carbocycles. The maximum absolute atomic E-state index is 13.9. The fraction of sp³-hybridized carbons (Fsp3) is 0.545. The van der Waals surface area contributed by atoms with Gasteiger partial charge in [-0.25, -0.2) is 20.3 Å². The number of ketones is 1. The molecule has 2 aromatic rings. The summed E-state index contributed by atoms with van der Waals surface area (Å²) in [6.45, 7) is 2.34. The van der Waals surface area contributed by atoms with Crippen molar-refractivity contribution >= 4 is 48.5 Å². The van der Waals surface area contributed by atoms with E-state index in [0.717, 1.165) is 0 Å². The Bertz CT molecular complexity index is 1730. The smallest absolute Gasteiger partial charge is 0.486 e. The number of nitrogens with zero attached hydrogens (tertiary/aromatic N) is 1. The van der Waals surface area contributed by atoms with E-state index in [-0.39, 0.29) is 63.4 Å². The first-order valence-corrected chi connectivity index (χ1v) is 21.0. The van der Waals surface area contributed by atoms with Crippen molar-refractivity contribution in [2.75, 3.05) is 34.0 Å². The zero-order valence-electron chi connectivity index (χ0n) is 27.5. The Hall–Kier alpha value is -2.41. The first kappa shape index (κ1) is 36.0. The third kappa shape index (κ3) is 5.84. The summed E-state index contributed by atoms with van der Waals surface area (Å²) in [7, 11) is 2.95. The normalized spacial score (nSPS) is 32.2. The van der Waals surface area contributed by atoms with Crippen LogP contribution in [0.15, 0.2) is 18.2 Å². The third-order valence-corrected chi connectivity index (χ3v) is 12.2. The SMILES string of the molecule is COc1cccc2c1C(=N)c1c(O)c3c(c(O)c1C2=O)CC(O)(C(O)CO[C](=O)[Al][I])CC3OC1CC2C(OC3C(OC)OCCN23)C(C)O1. The molecule has 2 aromatic carbocycles. The molecular weight excluding hydrogens is 786 g/mol. The molecule has 267 valence electrons. The van der Waals surface area contributed by atoms with Crippen molar-refractivity contribution in [3.8, 4) is 17.2 Å². The summed E-state index contributed by atoms with van der Waals surface area (Å²) >= 11 is 1.19. The van der Waals surface area contributed by atoms with E-state index in [4.69, 9.17) is 38.6 Å². The maximum Gasteiger partial charge on any atom is 0.486 e. The van der Waals surface area contributed by atoms with E-state index in [1.54, 1.807) is 19.2 Å². The first-order chi connectivity index (χ1) is 23.9. The average molecular weight is 824 g/mol. The molecule has 9 unspecified atom stereocenters. The topological polar surface area (TPSA) is 207 Å². The van der Waals surface area contributed by atoms with E-state index in [2.05, 4.69) is 4.90 Å². The predicted molar refractivity (Wildman–Crippen MR) is 181 cm³/mol. The Kier molecular flexibility index (Phi) is 9.97. The largest absolute Gasteiger partial charge is 0.507 e. The lowest BCUT2D eigenvalue weighted by Gasteiger charge is -2.45. The summed E-state index contributed by atoms with van der Waals surface area (Å²) in [5.74, 6) is -1.46. The highest BCUT2D eigenvalue weighted by Crippen LogP contribution is 2.53. The highest BCUT2D eigenvalue weighted by Gasteiger charge is 2.55. The van der Waals surface area contributed by atoms with Crippen LogP contribution < -0.4 is 4.74 Å². The summed E-state index contributed by atoms with van der Waals surface area (Å²) in [5.41, 5.74) is -2.54. The average Bonchev–Trinajstić information content (AvgIpc) is 3.49. The van der Waals surface area contributed by atoms with Gasteiger partial charge >= 0.3 is 11.9 Å². The van der Waals surface area contributed by atoms with E-state index in [1.807, 2.05) is 27.2 Å². The van der Waals surface area contributed by atoms with Crippen LogP contribution in [0.25, 0.3) is 0 Å². The van der Waals surface area contributed by atoms with Gasteiger partial charge in [-0.15, -0.1) is 0 Å². The van der Waals surface area contributed by atoms with E-state index in [0.29, 0.717) is 19.6 Å². The molecule has 0 aromatic heterocycles. The number of morpholine rings is 1. The van der Waals surface area contributed by atoms with Crippen molar-refractivity contribution in [2.24, 2.45) is 0 Å². The second-order valence-electron chi connectivity index (χ2n) is 13.1. The van der Waals surface area contributed by atoms with Crippen molar-refractivity contribution in [3.05, 3.63) is 51.6 Å². The summed E-state index contributed by atoms with van der Waals surface area (Å²) in [6.07, 6.45) is -5.98. The summed E-state index contributed by atoms with van der Waals surface area (Å²) in [6, 6.07) is 4.52. The standard InChI is InChI=1S/C33H37N2O13.Al.HI/c1-14-30-17(35-7-8-45-32(43-3)31(35)48-30)9-21(46-14)47-19-11-33(41,20(37)12-44-13-36)10-16-23(19)29(40)24-25(28(16)39)27(38)15-5-4-6-18(42-2)22(15)26(24)34;;/h4-6,14,17,19-21,30-32,34,37,39-41H,7-12H2,1-3H3;;1H/q;+1;/p-1. The van der Waals surface area contributed by atoms with Crippen LogP contribution in [0.3, 0.4) is 0 Å². The van der Waals surface area contributed by atoms with Crippen LogP contribution in [0.4, 0.5) is 4.79 Å². The van der Waals surface area contributed by atoms with Crippen molar-refractivity contribution in [1.29, 1.82) is 5.41 Å². The molecule has 17 heteroatoms.